The van der Waals surface area contributed by atoms with Crippen molar-refractivity contribution in [3.8, 4) is 0 Å². The van der Waals surface area contributed by atoms with Gasteiger partial charge in [0.2, 0.25) is 5.89 Å². The number of rotatable bonds is 5. The van der Waals surface area contributed by atoms with E-state index in [2.05, 4.69) is 10.1 Å². The molecule has 3 N–H and O–H groups in total. The lowest BCUT2D eigenvalue weighted by Crippen LogP contribution is -2.16. The summed E-state index contributed by atoms with van der Waals surface area (Å²) in [5.74, 6) is 0.916. The fourth-order valence-corrected chi connectivity index (χ4v) is 0.921. The van der Waals surface area contributed by atoms with Gasteiger partial charge in [0.1, 0.15) is 6.04 Å². The van der Waals surface area contributed by atoms with Gasteiger partial charge in [-0.3, -0.25) is 0 Å². The smallest absolute Gasteiger partial charge is 0.245 e. The predicted molar refractivity (Wildman–Crippen MR) is 50.6 cm³/mol. The molecule has 0 unspecified atom stereocenters. The topological polar surface area (TPSA) is 88.4 Å². The van der Waals surface area contributed by atoms with Gasteiger partial charge >= 0.3 is 0 Å². The molecule has 0 radical (unpaired) electrons. The Morgan fingerprint density at radius 2 is 2.29 bits per heavy atom. The van der Waals surface area contributed by atoms with E-state index < -0.39 is 6.04 Å². The molecular weight excluding hydrogens is 184 g/mol. The quantitative estimate of drug-likeness (QED) is 0.644. The van der Waals surface area contributed by atoms with Crippen LogP contribution in [0.25, 0.3) is 0 Å². The molecule has 6 nitrogen and oxygen atoms in total. The summed E-state index contributed by atoms with van der Waals surface area (Å²) < 4.78 is 4.88. The van der Waals surface area contributed by atoms with E-state index >= 15 is 0 Å². The fourth-order valence-electron chi connectivity index (χ4n) is 0.921. The maximum absolute atomic E-state index is 8.75. The number of hydrogen-bond acceptors (Lipinski definition) is 6. The van der Waals surface area contributed by atoms with Crippen molar-refractivity contribution < 1.29 is 9.63 Å². The second-order valence-electron chi connectivity index (χ2n) is 3.39. The van der Waals surface area contributed by atoms with Gasteiger partial charge in [-0.25, -0.2) is 0 Å². The average Bonchev–Trinajstić information content (AvgIpc) is 2.62. The zero-order valence-electron chi connectivity index (χ0n) is 8.47. The Kier molecular flexibility index (Phi) is 3.99. The van der Waals surface area contributed by atoms with Gasteiger partial charge in [-0.05, 0) is 14.1 Å². The van der Waals surface area contributed by atoms with Crippen LogP contribution in [0.5, 0.6) is 0 Å². The summed E-state index contributed by atoms with van der Waals surface area (Å²) in [6.45, 7) is 0.669. The largest absolute Gasteiger partial charge is 0.394 e. The molecule has 0 saturated carbocycles. The molecule has 0 amide bonds. The Morgan fingerprint density at radius 1 is 1.57 bits per heavy atom. The van der Waals surface area contributed by atoms with Gasteiger partial charge in [0.15, 0.2) is 5.82 Å². The maximum atomic E-state index is 8.75. The van der Waals surface area contributed by atoms with E-state index in [1.807, 2.05) is 19.0 Å². The van der Waals surface area contributed by atoms with E-state index in [4.69, 9.17) is 15.4 Å². The minimum absolute atomic E-state index is 0.185. The molecule has 6 heteroatoms. The summed E-state index contributed by atoms with van der Waals surface area (Å²) in [5.41, 5.74) is 5.51. The first-order valence-electron chi connectivity index (χ1n) is 4.47. The molecular formula is C8H16N4O2. The fraction of sp³-hybridized carbons (Fsp3) is 0.750. The molecule has 80 valence electrons. The molecule has 0 aliphatic rings. The molecule has 1 aromatic rings. The second kappa shape index (κ2) is 5.04. The van der Waals surface area contributed by atoms with E-state index in [9.17, 15) is 0 Å². The lowest BCUT2D eigenvalue weighted by molar-refractivity contribution is 0.236. The van der Waals surface area contributed by atoms with Gasteiger partial charge in [-0.15, -0.1) is 0 Å². The van der Waals surface area contributed by atoms with Crippen LogP contribution in [0, 0.1) is 0 Å². The van der Waals surface area contributed by atoms with Crippen molar-refractivity contribution in [1.29, 1.82) is 0 Å². The van der Waals surface area contributed by atoms with E-state index in [0.717, 1.165) is 6.54 Å². The molecule has 0 bridgehead atoms. The molecule has 1 aromatic heterocycles. The van der Waals surface area contributed by atoms with Crippen LogP contribution in [0.3, 0.4) is 0 Å². The lowest BCUT2D eigenvalue weighted by Gasteiger charge is -2.05. The molecule has 0 saturated heterocycles. The van der Waals surface area contributed by atoms with Crippen molar-refractivity contribution in [2.75, 3.05) is 27.2 Å². The molecule has 0 aromatic carbocycles. The number of likely N-dealkylation sites (N-methyl/N-ethyl adjacent to an activating group) is 1. The molecule has 1 atom stereocenters. The van der Waals surface area contributed by atoms with E-state index in [1.165, 1.54) is 0 Å². The minimum Gasteiger partial charge on any atom is -0.394 e. The highest BCUT2D eigenvalue weighted by molar-refractivity contribution is 4.91. The van der Waals surface area contributed by atoms with E-state index in [1.54, 1.807) is 0 Å². The van der Waals surface area contributed by atoms with Crippen LogP contribution in [-0.2, 0) is 6.42 Å². The Morgan fingerprint density at radius 3 is 2.86 bits per heavy atom. The number of aliphatic hydroxyl groups is 1. The molecule has 0 spiro atoms. The zero-order valence-corrected chi connectivity index (χ0v) is 8.47. The summed E-state index contributed by atoms with van der Waals surface area (Å²) in [6, 6.07) is -0.574. The van der Waals surface area contributed by atoms with Crippen LogP contribution in [-0.4, -0.2) is 47.4 Å². The minimum atomic E-state index is -0.574. The van der Waals surface area contributed by atoms with Gasteiger partial charge in [0.05, 0.1) is 6.61 Å². The van der Waals surface area contributed by atoms with Gasteiger partial charge in [0, 0.05) is 13.0 Å². The first kappa shape index (κ1) is 11.1. The standard InChI is InChI=1S/C8H16N4O2/c1-12(2)4-3-7-10-8(14-11-7)6(9)5-13/h6,13H,3-5,9H2,1-2H3/t6-/m0/s1. The first-order chi connectivity index (χ1) is 6.63. The number of aliphatic hydroxyl groups excluding tert-OH is 1. The molecule has 0 aliphatic heterocycles. The van der Waals surface area contributed by atoms with Crippen LogP contribution >= 0.6 is 0 Å². The Hall–Kier alpha value is -0.980. The highest BCUT2D eigenvalue weighted by atomic mass is 16.5. The van der Waals surface area contributed by atoms with Crippen LogP contribution in [0.4, 0.5) is 0 Å². The van der Waals surface area contributed by atoms with Crippen molar-refractivity contribution in [2.24, 2.45) is 5.73 Å². The van der Waals surface area contributed by atoms with Crippen LogP contribution in [0.1, 0.15) is 17.8 Å². The molecule has 0 fully saturated rings. The maximum Gasteiger partial charge on any atom is 0.245 e. The summed E-state index contributed by atoms with van der Waals surface area (Å²) in [5, 5.41) is 12.5. The number of hydrogen-bond donors (Lipinski definition) is 2. The van der Waals surface area contributed by atoms with Crippen molar-refractivity contribution in [1.82, 2.24) is 15.0 Å². The van der Waals surface area contributed by atoms with Gasteiger partial charge < -0.3 is 20.3 Å². The van der Waals surface area contributed by atoms with Crippen molar-refractivity contribution in [3.63, 3.8) is 0 Å². The predicted octanol–water partition coefficient (Wildman–Crippen LogP) is -0.834. The summed E-state index contributed by atoms with van der Waals surface area (Å²) >= 11 is 0. The Bertz CT molecular complexity index is 274. The van der Waals surface area contributed by atoms with Gasteiger partial charge in [0.25, 0.3) is 0 Å². The third kappa shape index (κ3) is 3.06. The molecule has 1 heterocycles. The zero-order chi connectivity index (χ0) is 10.6. The number of aromatic nitrogens is 2. The molecule has 14 heavy (non-hydrogen) atoms. The van der Waals surface area contributed by atoms with Crippen LogP contribution < -0.4 is 5.73 Å². The van der Waals surface area contributed by atoms with Crippen LogP contribution in [0.15, 0.2) is 4.52 Å². The van der Waals surface area contributed by atoms with Gasteiger partial charge in [-0.2, -0.15) is 4.98 Å². The number of nitrogens with two attached hydrogens (primary N) is 1. The third-order valence-corrected chi connectivity index (χ3v) is 1.78. The normalized spacial score (nSPS) is 13.5. The SMILES string of the molecule is CN(C)CCc1noc([C@@H](N)CO)n1. The summed E-state index contributed by atoms with van der Waals surface area (Å²) in [6.07, 6.45) is 0.717. The van der Waals surface area contributed by atoms with E-state index in [-0.39, 0.29) is 6.61 Å². The molecule has 0 aliphatic carbocycles. The lowest BCUT2D eigenvalue weighted by atomic mass is 10.3. The third-order valence-electron chi connectivity index (χ3n) is 1.78. The first-order valence-corrected chi connectivity index (χ1v) is 4.47. The summed E-state index contributed by atoms with van der Waals surface area (Å²) in [7, 11) is 3.95. The monoisotopic (exact) mass is 200 g/mol. The van der Waals surface area contributed by atoms with Crippen molar-refractivity contribution in [3.05, 3.63) is 11.7 Å². The van der Waals surface area contributed by atoms with Crippen molar-refractivity contribution >= 4 is 0 Å². The average molecular weight is 200 g/mol. The van der Waals surface area contributed by atoms with Crippen LogP contribution in [0.2, 0.25) is 0 Å². The summed E-state index contributed by atoms with van der Waals surface area (Å²) in [4.78, 5) is 6.09. The highest BCUT2D eigenvalue weighted by Crippen LogP contribution is 2.06. The second-order valence-corrected chi connectivity index (χ2v) is 3.39. The molecule has 1 rings (SSSR count). The Labute approximate surface area is 82.7 Å². The van der Waals surface area contributed by atoms with E-state index in [0.29, 0.717) is 18.1 Å². The number of nitrogens with zero attached hydrogens (tertiary/aromatic N) is 3. The van der Waals surface area contributed by atoms with Gasteiger partial charge in [-0.1, -0.05) is 5.16 Å². The highest BCUT2D eigenvalue weighted by Gasteiger charge is 2.13. The van der Waals surface area contributed by atoms with Crippen molar-refractivity contribution in [2.45, 2.75) is 12.5 Å². The Balaban J connectivity index is 2.50.